The van der Waals surface area contributed by atoms with Gasteiger partial charge in [0, 0.05) is 38.2 Å². The van der Waals surface area contributed by atoms with Crippen LogP contribution < -0.4 is 10.6 Å². The van der Waals surface area contributed by atoms with Crippen LogP contribution in [0.4, 0.5) is 5.69 Å². The number of pyridine rings is 1. The molecule has 0 bridgehead atoms. The van der Waals surface area contributed by atoms with Crippen LogP contribution in [-0.4, -0.2) is 48.4 Å². The highest BCUT2D eigenvalue weighted by Gasteiger charge is 2.23. The van der Waals surface area contributed by atoms with Crippen molar-refractivity contribution < 1.29 is 9.59 Å². The zero-order valence-electron chi connectivity index (χ0n) is 20.8. The van der Waals surface area contributed by atoms with E-state index in [-0.39, 0.29) is 24.3 Å². The minimum absolute atomic E-state index is 0.146. The molecule has 6 nitrogen and oxygen atoms in total. The van der Waals surface area contributed by atoms with Crippen LogP contribution in [0, 0.1) is 23.7 Å². The van der Waals surface area contributed by atoms with Gasteiger partial charge in [0.05, 0.1) is 12.2 Å². The van der Waals surface area contributed by atoms with E-state index in [4.69, 9.17) is 0 Å². The predicted molar refractivity (Wildman–Crippen MR) is 137 cm³/mol. The molecule has 2 aromatic rings. The van der Waals surface area contributed by atoms with Crippen LogP contribution in [0.1, 0.15) is 51.3 Å². The van der Waals surface area contributed by atoms with Crippen LogP contribution in [0.25, 0.3) is 11.1 Å². The number of hydrogen-bond acceptors (Lipinski definition) is 4. The Morgan fingerprint density at radius 2 is 2.09 bits per heavy atom. The first-order valence-corrected chi connectivity index (χ1v) is 12.2. The summed E-state index contributed by atoms with van der Waals surface area (Å²) in [6.07, 6.45) is 5.03. The Labute approximate surface area is 203 Å². The first-order valence-electron chi connectivity index (χ1n) is 12.2. The number of likely N-dealkylation sites (tertiary alicyclic amines) is 1. The Bertz CT molecular complexity index is 1070. The van der Waals surface area contributed by atoms with Gasteiger partial charge in [-0.1, -0.05) is 51.0 Å². The van der Waals surface area contributed by atoms with Gasteiger partial charge in [-0.3, -0.25) is 9.59 Å². The van der Waals surface area contributed by atoms with Crippen molar-refractivity contribution in [1.29, 1.82) is 0 Å². The first-order chi connectivity index (χ1) is 16.4. The standard InChI is InChI=1S/C28H36N4O2/c1-5-21-9-7-10-23(14-21)24-16-26(25(30-18-24)11-6-8-20(2)3)31-27(33)19-29-17-22-12-13-32(4)28(34)15-22/h7,9-10,14,16,18,20,22,29H,5,8,12-13,15,17,19H2,1-4H3,(H,31,33). The summed E-state index contributed by atoms with van der Waals surface area (Å²) in [7, 11) is 1.84. The van der Waals surface area contributed by atoms with Crippen LogP contribution in [0.5, 0.6) is 0 Å². The third kappa shape index (κ3) is 7.43. The SMILES string of the molecule is CCc1cccc(-c2cnc(C#CCC(C)C)c(NC(=O)CNCC3CCN(C)C(=O)C3)c2)c1. The van der Waals surface area contributed by atoms with E-state index in [1.54, 1.807) is 4.90 Å². The highest BCUT2D eigenvalue weighted by atomic mass is 16.2. The molecule has 2 amide bonds. The molecule has 2 heterocycles. The molecule has 1 fully saturated rings. The molecule has 6 heteroatoms. The molecule has 1 aliphatic rings. The lowest BCUT2D eigenvalue weighted by Gasteiger charge is -2.28. The van der Waals surface area contributed by atoms with E-state index >= 15 is 0 Å². The van der Waals surface area contributed by atoms with E-state index in [0.717, 1.165) is 36.9 Å². The van der Waals surface area contributed by atoms with Gasteiger partial charge >= 0.3 is 0 Å². The Balaban J connectivity index is 1.70. The molecule has 1 atom stereocenters. The van der Waals surface area contributed by atoms with Gasteiger partial charge in [-0.05, 0) is 54.3 Å². The number of carbonyl (C=O) groups excluding carboxylic acids is 2. The number of nitrogens with zero attached hydrogens (tertiary/aromatic N) is 2. The van der Waals surface area contributed by atoms with Crippen LogP contribution in [0.2, 0.25) is 0 Å². The van der Waals surface area contributed by atoms with Crippen molar-refractivity contribution in [2.75, 3.05) is 32.0 Å². The quantitative estimate of drug-likeness (QED) is 0.582. The number of hydrogen-bond donors (Lipinski definition) is 2. The Hall–Kier alpha value is -3.17. The van der Waals surface area contributed by atoms with Gasteiger partial charge in [0.2, 0.25) is 11.8 Å². The summed E-state index contributed by atoms with van der Waals surface area (Å²) in [6.45, 7) is 7.97. The monoisotopic (exact) mass is 460 g/mol. The summed E-state index contributed by atoms with van der Waals surface area (Å²) < 4.78 is 0. The van der Waals surface area contributed by atoms with Gasteiger partial charge in [-0.2, -0.15) is 0 Å². The van der Waals surface area contributed by atoms with Crippen molar-refractivity contribution in [2.24, 2.45) is 11.8 Å². The summed E-state index contributed by atoms with van der Waals surface area (Å²) in [5.41, 5.74) is 4.45. The van der Waals surface area contributed by atoms with Gasteiger partial charge in [-0.15, -0.1) is 0 Å². The smallest absolute Gasteiger partial charge is 0.238 e. The molecular formula is C28H36N4O2. The molecular weight excluding hydrogens is 424 g/mol. The van der Waals surface area contributed by atoms with Crippen molar-refractivity contribution in [2.45, 2.75) is 46.5 Å². The van der Waals surface area contributed by atoms with E-state index < -0.39 is 0 Å². The number of anilines is 1. The molecule has 2 N–H and O–H groups in total. The number of aromatic nitrogens is 1. The molecule has 1 aromatic heterocycles. The third-order valence-corrected chi connectivity index (χ3v) is 6.03. The molecule has 34 heavy (non-hydrogen) atoms. The summed E-state index contributed by atoms with van der Waals surface area (Å²) in [4.78, 5) is 31.0. The molecule has 1 aliphatic heterocycles. The number of aryl methyl sites for hydroxylation is 1. The molecule has 3 rings (SSSR count). The van der Waals surface area contributed by atoms with Crippen LogP contribution in [0.3, 0.4) is 0 Å². The Morgan fingerprint density at radius 3 is 2.82 bits per heavy atom. The topological polar surface area (TPSA) is 74.3 Å². The largest absolute Gasteiger partial charge is 0.346 e. The molecule has 1 saturated heterocycles. The first kappa shape index (κ1) is 25.5. The summed E-state index contributed by atoms with van der Waals surface area (Å²) in [5, 5.41) is 6.21. The molecule has 180 valence electrons. The van der Waals surface area contributed by atoms with Crippen LogP contribution in [-0.2, 0) is 16.0 Å². The maximum atomic E-state index is 12.7. The van der Waals surface area contributed by atoms with Gasteiger partial charge in [-0.25, -0.2) is 4.98 Å². The number of piperidine rings is 1. The minimum atomic E-state index is -0.146. The highest BCUT2D eigenvalue weighted by Crippen LogP contribution is 2.25. The van der Waals surface area contributed by atoms with Gasteiger partial charge < -0.3 is 15.5 Å². The lowest BCUT2D eigenvalue weighted by Crippen LogP contribution is -2.40. The molecule has 0 radical (unpaired) electrons. The number of benzene rings is 1. The fraction of sp³-hybridized carbons (Fsp3) is 0.464. The number of carbonyl (C=O) groups is 2. The maximum absolute atomic E-state index is 12.7. The van der Waals surface area contributed by atoms with E-state index in [0.29, 0.717) is 30.3 Å². The summed E-state index contributed by atoms with van der Waals surface area (Å²) in [6, 6.07) is 10.3. The third-order valence-electron chi connectivity index (χ3n) is 6.03. The second-order valence-electron chi connectivity index (χ2n) is 9.43. The van der Waals surface area contributed by atoms with Crippen molar-refractivity contribution in [3.63, 3.8) is 0 Å². The van der Waals surface area contributed by atoms with E-state index in [1.165, 1.54) is 5.56 Å². The zero-order valence-corrected chi connectivity index (χ0v) is 20.8. The lowest BCUT2D eigenvalue weighted by atomic mass is 9.96. The van der Waals surface area contributed by atoms with Gasteiger partial charge in [0.15, 0.2) is 0 Å². The van der Waals surface area contributed by atoms with Crippen molar-refractivity contribution in [3.05, 3.63) is 47.8 Å². The average Bonchev–Trinajstić information content (AvgIpc) is 2.82. The normalized spacial score (nSPS) is 15.7. The Kier molecular flexibility index (Phi) is 9.24. The zero-order chi connectivity index (χ0) is 24.5. The van der Waals surface area contributed by atoms with Crippen molar-refractivity contribution in [3.8, 4) is 23.0 Å². The molecule has 0 saturated carbocycles. The average molecular weight is 461 g/mol. The lowest BCUT2D eigenvalue weighted by molar-refractivity contribution is -0.133. The second kappa shape index (κ2) is 12.3. The van der Waals surface area contributed by atoms with Crippen molar-refractivity contribution >= 4 is 17.5 Å². The Morgan fingerprint density at radius 1 is 1.26 bits per heavy atom. The maximum Gasteiger partial charge on any atom is 0.238 e. The molecule has 0 aliphatic carbocycles. The summed E-state index contributed by atoms with van der Waals surface area (Å²) in [5.74, 6) is 7.06. The minimum Gasteiger partial charge on any atom is -0.346 e. The van der Waals surface area contributed by atoms with Gasteiger partial charge in [0.25, 0.3) is 0 Å². The number of nitrogens with one attached hydrogen (secondary N) is 2. The highest BCUT2D eigenvalue weighted by molar-refractivity contribution is 5.94. The predicted octanol–water partition coefficient (Wildman–Crippen LogP) is 4.11. The fourth-order valence-electron chi connectivity index (χ4n) is 3.89. The molecule has 0 spiro atoms. The second-order valence-corrected chi connectivity index (χ2v) is 9.43. The number of rotatable bonds is 8. The van der Waals surface area contributed by atoms with Crippen LogP contribution in [0.15, 0.2) is 36.5 Å². The van der Waals surface area contributed by atoms with E-state index in [9.17, 15) is 9.59 Å². The molecule has 1 unspecified atom stereocenters. The van der Waals surface area contributed by atoms with E-state index in [1.807, 2.05) is 25.4 Å². The molecule has 1 aromatic carbocycles. The van der Waals surface area contributed by atoms with Crippen LogP contribution >= 0.6 is 0 Å². The van der Waals surface area contributed by atoms with E-state index in [2.05, 4.69) is 66.4 Å². The number of amides is 2. The van der Waals surface area contributed by atoms with Crippen molar-refractivity contribution in [1.82, 2.24) is 15.2 Å². The van der Waals surface area contributed by atoms with Gasteiger partial charge in [0.1, 0.15) is 5.69 Å². The summed E-state index contributed by atoms with van der Waals surface area (Å²) >= 11 is 0. The fourth-order valence-corrected chi connectivity index (χ4v) is 3.89.